The molecule has 1 amide bonds. The summed E-state index contributed by atoms with van der Waals surface area (Å²) >= 11 is 0. The van der Waals surface area contributed by atoms with Crippen LogP contribution in [-0.2, 0) is 4.79 Å². The van der Waals surface area contributed by atoms with Crippen molar-refractivity contribution in [3.63, 3.8) is 0 Å². The topological polar surface area (TPSA) is 52.6 Å². The molecule has 0 spiro atoms. The molecule has 1 heterocycles. The van der Waals surface area contributed by atoms with Gasteiger partial charge in [-0.1, -0.05) is 0 Å². The molecule has 2 N–H and O–H groups in total. The van der Waals surface area contributed by atoms with Gasteiger partial charge in [0.1, 0.15) is 0 Å². The summed E-state index contributed by atoms with van der Waals surface area (Å²) in [4.78, 5) is 13.8. The van der Waals surface area contributed by atoms with Crippen molar-refractivity contribution in [3.05, 3.63) is 0 Å². The lowest BCUT2D eigenvalue weighted by Crippen LogP contribution is -2.47. The number of piperidine rings is 1. The van der Waals surface area contributed by atoms with E-state index in [9.17, 15) is 4.79 Å². The summed E-state index contributed by atoms with van der Waals surface area (Å²) in [6.45, 7) is 4.60. The molecule has 0 aliphatic carbocycles. The average molecular weight is 214 g/mol. The first-order chi connectivity index (χ1) is 7.25. The number of aliphatic hydroxyl groups excluding tert-OH is 1. The molecule has 0 bridgehead atoms. The van der Waals surface area contributed by atoms with E-state index in [0.29, 0.717) is 13.0 Å². The summed E-state index contributed by atoms with van der Waals surface area (Å²) in [6, 6.07) is -0.116. The smallest absolute Gasteiger partial charge is 0.239 e. The fourth-order valence-electron chi connectivity index (χ4n) is 1.87. The summed E-state index contributed by atoms with van der Waals surface area (Å²) in [5.41, 5.74) is 0. The Morgan fingerprint density at radius 2 is 2.07 bits per heavy atom. The Labute approximate surface area is 91.6 Å². The van der Waals surface area contributed by atoms with Gasteiger partial charge in [0, 0.05) is 19.7 Å². The van der Waals surface area contributed by atoms with Gasteiger partial charge in [0.25, 0.3) is 0 Å². The summed E-state index contributed by atoms with van der Waals surface area (Å²) < 4.78 is 0. The van der Waals surface area contributed by atoms with Crippen LogP contribution in [-0.4, -0.2) is 48.2 Å². The quantitative estimate of drug-likeness (QED) is 0.650. The van der Waals surface area contributed by atoms with Crippen LogP contribution in [0.5, 0.6) is 0 Å². The first-order valence-corrected chi connectivity index (χ1v) is 5.88. The second-order valence-corrected chi connectivity index (χ2v) is 4.14. The highest BCUT2D eigenvalue weighted by molar-refractivity contribution is 5.81. The maximum atomic E-state index is 11.9. The standard InChI is InChI=1S/C11H22N2O2/c1-10(12-6-5-9-14)11(15)13-7-3-2-4-8-13/h10,12,14H,2-9H2,1H3. The van der Waals surface area contributed by atoms with E-state index in [1.165, 1.54) is 6.42 Å². The second kappa shape index (κ2) is 6.80. The predicted molar refractivity (Wildman–Crippen MR) is 59.6 cm³/mol. The minimum absolute atomic E-state index is 0.116. The Morgan fingerprint density at radius 3 is 2.67 bits per heavy atom. The molecule has 1 aliphatic heterocycles. The molecule has 1 aliphatic rings. The van der Waals surface area contributed by atoms with Crippen molar-refractivity contribution in [2.45, 2.75) is 38.6 Å². The Balaban J connectivity index is 2.24. The van der Waals surface area contributed by atoms with Gasteiger partial charge in [0.15, 0.2) is 0 Å². The molecule has 1 rings (SSSR count). The number of hydrogen-bond donors (Lipinski definition) is 2. The summed E-state index contributed by atoms with van der Waals surface area (Å²) in [5, 5.41) is 11.8. The van der Waals surface area contributed by atoms with Crippen molar-refractivity contribution < 1.29 is 9.90 Å². The molecule has 0 aromatic carbocycles. The van der Waals surface area contributed by atoms with Crippen molar-refractivity contribution in [1.29, 1.82) is 0 Å². The third kappa shape index (κ3) is 4.18. The number of hydrogen-bond acceptors (Lipinski definition) is 3. The fraction of sp³-hybridized carbons (Fsp3) is 0.909. The molecule has 1 atom stereocenters. The lowest BCUT2D eigenvalue weighted by Gasteiger charge is -2.29. The number of aliphatic hydroxyl groups is 1. The van der Waals surface area contributed by atoms with Crippen molar-refractivity contribution in [2.75, 3.05) is 26.2 Å². The van der Waals surface area contributed by atoms with Gasteiger partial charge in [-0.25, -0.2) is 0 Å². The third-order valence-corrected chi connectivity index (χ3v) is 2.82. The summed E-state index contributed by atoms with van der Waals surface area (Å²) in [7, 11) is 0. The van der Waals surface area contributed by atoms with E-state index in [0.717, 1.165) is 25.9 Å². The summed E-state index contributed by atoms with van der Waals surface area (Å²) in [5.74, 6) is 0.202. The van der Waals surface area contributed by atoms with E-state index in [4.69, 9.17) is 5.11 Å². The zero-order valence-corrected chi connectivity index (χ0v) is 9.54. The van der Waals surface area contributed by atoms with Gasteiger partial charge < -0.3 is 15.3 Å². The van der Waals surface area contributed by atoms with Crippen LogP contribution in [0.1, 0.15) is 32.6 Å². The third-order valence-electron chi connectivity index (χ3n) is 2.82. The van der Waals surface area contributed by atoms with Gasteiger partial charge in [-0.15, -0.1) is 0 Å². The number of nitrogens with one attached hydrogen (secondary N) is 1. The molecule has 0 radical (unpaired) electrons. The van der Waals surface area contributed by atoms with E-state index in [2.05, 4.69) is 5.32 Å². The lowest BCUT2D eigenvalue weighted by molar-refractivity contribution is -0.133. The van der Waals surface area contributed by atoms with Gasteiger partial charge >= 0.3 is 0 Å². The minimum atomic E-state index is -0.116. The number of likely N-dealkylation sites (tertiary alicyclic amines) is 1. The molecule has 88 valence electrons. The highest BCUT2D eigenvalue weighted by Gasteiger charge is 2.21. The van der Waals surface area contributed by atoms with Gasteiger partial charge in [0.05, 0.1) is 6.04 Å². The van der Waals surface area contributed by atoms with Crippen LogP contribution < -0.4 is 5.32 Å². The van der Waals surface area contributed by atoms with E-state index in [1.807, 2.05) is 11.8 Å². The zero-order valence-electron chi connectivity index (χ0n) is 9.54. The zero-order chi connectivity index (χ0) is 11.1. The van der Waals surface area contributed by atoms with Gasteiger partial charge in [0.2, 0.25) is 5.91 Å². The van der Waals surface area contributed by atoms with Gasteiger partial charge in [-0.2, -0.15) is 0 Å². The number of carbonyl (C=O) groups is 1. The Hall–Kier alpha value is -0.610. The lowest BCUT2D eigenvalue weighted by atomic mass is 10.1. The molecule has 0 aromatic rings. The largest absolute Gasteiger partial charge is 0.396 e. The van der Waals surface area contributed by atoms with Crippen molar-refractivity contribution >= 4 is 5.91 Å². The molecule has 4 nitrogen and oxygen atoms in total. The van der Waals surface area contributed by atoms with Crippen LogP contribution in [0.2, 0.25) is 0 Å². The van der Waals surface area contributed by atoms with Crippen LogP contribution >= 0.6 is 0 Å². The Morgan fingerprint density at radius 1 is 1.40 bits per heavy atom. The monoisotopic (exact) mass is 214 g/mol. The highest BCUT2D eigenvalue weighted by atomic mass is 16.3. The molecule has 15 heavy (non-hydrogen) atoms. The number of carbonyl (C=O) groups excluding carboxylic acids is 1. The first kappa shape index (κ1) is 12.5. The van der Waals surface area contributed by atoms with Crippen molar-refractivity contribution in [3.8, 4) is 0 Å². The van der Waals surface area contributed by atoms with Crippen LogP contribution in [0.15, 0.2) is 0 Å². The molecular formula is C11H22N2O2. The van der Waals surface area contributed by atoms with Crippen LogP contribution in [0.4, 0.5) is 0 Å². The average Bonchev–Trinajstić information content (AvgIpc) is 2.29. The Kier molecular flexibility index (Phi) is 5.65. The molecule has 0 aromatic heterocycles. The summed E-state index contributed by atoms with van der Waals surface area (Å²) in [6.07, 6.45) is 4.22. The molecule has 0 saturated carbocycles. The van der Waals surface area contributed by atoms with Crippen molar-refractivity contribution in [2.24, 2.45) is 0 Å². The maximum absolute atomic E-state index is 11.9. The normalized spacial score (nSPS) is 18.9. The van der Waals surface area contributed by atoms with E-state index in [1.54, 1.807) is 0 Å². The predicted octanol–water partition coefficient (Wildman–Crippen LogP) is 0.359. The number of rotatable bonds is 5. The molecule has 1 saturated heterocycles. The van der Waals surface area contributed by atoms with Crippen molar-refractivity contribution in [1.82, 2.24) is 10.2 Å². The van der Waals surface area contributed by atoms with Crippen LogP contribution in [0, 0.1) is 0 Å². The van der Waals surface area contributed by atoms with Crippen LogP contribution in [0.3, 0.4) is 0 Å². The molecular weight excluding hydrogens is 192 g/mol. The molecule has 1 fully saturated rings. The first-order valence-electron chi connectivity index (χ1n) is 5.88. The van der Waals surface area contributed by atoms with E-state index < -0.39 is 0 Å². The fourth-order valence-corrected chi connectivity index (χ4v) is 1.87. The SMILES string of the molecule is CC(NCCCO)C(=O)N1CCCCC1. The number of amides is 1. The van der Waals surface area contributed by atoms with Gasteiger partial charge in [-0.3, -0.25) is 4.79 Å². The van der Waals surface area contributed by atoms with E-state index >= 15 is 0 Å². The van der Waals surface area contributed by atoms with E-state index in [-0.39, 0.29) is 18.6 Å². The molecule has 4 heteroatoms. The highest BCUT2D eigenvalue weighted by Crippen LogP contribution is 2.09. The minimum Gasteiger partial charge on any atom is -0.396 e. The van der Waals surface area contributed by atoms with Gasteiger partial charge in [-0.05, 0) is 39.2 Å². The molecule has 1 unspecified atom stereocenters. The van der Waals surface area contributed by atoms with Crippen LogP contribution in [0.25, 0.3) is 0 Å². The second-order valence-electron chi connectivity index (χ2n) is 4.14. The number of nitrogens with zero attached hydrogens (tertiary/aromatic N) is 1. The maximum Gasteiger partial charge on any atom is 0.239 e. The Bertz CT molecular complexity index is 191.